The highest BCUT2D eigenvalue weighted by Crippen LogP contribution is 2.19. The highest BCUT2D eigenvalue weighted by atomic mass is 32.2. The lowest BCUT2D eigenvalue weighted by molar-refractivity contribution is 0.0334. The molecule has 1 aliphatic heterocycles. The molecule has 5 heteroatoms. The van der Waals surface area contributed by atoms with Gasteiger partial charge in [0.05, 0.1) is 19.3 Å². The second-order valence-electron chi connectivity index (χ2n) is 4.97. The summed E-state index contributed by atoms with van der Waals surface area (Å²) in [5.41, 5.74) is 5.98. The molecule has 1 saturated carbocycles. The van der Waals surface area contributed by atoms with Gasteiger partial charge in [-0.25, -0.2) is 0 Å². The van der Waals surface area contributed by atoms with Crippen molar-refractivity contribution >= 4 is 17.7 Å². The van der Waals surface area contributed by atoms with E-state index in [1.807, 2.05) is 11.8 Å². The number of rotatable bonds is 4. The summed E-state index contributed by atoms with van der Waals surface area (Å²) in [5, 5.41) is 0. The maximum Gasteiger partial charge on any atom is 0.191 e. The van der Waals surface area contributed by atoms with Crippen molar-refractivity contribution in [2.24, 2.45) is 10.7 Å². The molecular formula is C13H25N3OS. The van der Waals surface area contributed by atoms with Crippen LogP contribution >= 0.6 is 11.8 Å². The minimum Gasteiger partial charge on any atom is -0.376 e. The summed E-state index contributed by atoms with van der Waals surface area (Å²) in [7, 11) is 0. The molecule has 2 aliphatic rings. The third kappa shape index (κ3) is 4.69. The Morgan fingerprint density at radius 1 is 1.22 bits per heavy atom. The number of thioether (sulfide) groups is 1. The maximum absolute atomic E-state index is 5.98. The summed E-state index contributed by atoms with van der Waals surface area (Å²) in [6.07, 6.45) is 6.94. The number of aliphatic imine (C=N–C) groups is 1. The van der Waals surface area contributed by atoms with Crippen LogP contribution in [0.2, 0.25) is 0 Å². The summed E-state index contributed by atoms with van der Waals surface area (Å²) >= 11 is 1.99. The molecule has 18 heavy (non-hydrogen) atoms. The first-order valence-corrected chi connectivity index (χ1v) is 8.26. The van der Waals surface area contributed by atoms with E-state index in [-0.39, 0.29) is 0 Å². The van der Waals surface area contributed by atoms with Gasteiger partial charge >= 0.3 is 0 Å². The molecule has 4 nitrogen and oxygen atoms in total. The van der Waals surface area contributed by atoms with E-state index in [1.165, 1.54) is 32.1 Å². The van der Waals surface area contributed by atoms with Gasteiger partial charge in [0.15, 0.2) is 5.96 Å². The van der Waals surface area contributed by atoms with Crippen LogP contribution in [0.3, 0.4) is 0 Å². The van der Waals surface area contributed by atoms with Gasteiger partial charge in [0.25, 0.3) is 0 Å². The van der Waals surface area contributed by atoms with Crippen LogP contribution in [0, 0.1) is 0 Å². The van der Waals surface area contributed by atoms with Crippen molar-refractivity contribution in [3.63, 3.8) is 0 Å². The lowest BCUT2D eigenvalue weighted by Gasteiger charge is -2.27. The monoisotopic (exact) mass is 271 g/mol. The van der Waals surface area contributed by atoms with Crippen molar-refractivity contribution in [3.8, 4) is 0 Å². The van der Waals surface area contributed by atoms with Crippen LogP contribution in [0.4, 0.5) is 0 Å². The standard InChI is InChI=1S/C13H25N3OS/c14-13(16-7-10-18-11-8-16)15-6-9-17-12-4-2-1-3-5-12/h12H,1-11H2,(H2,14,15). The molecule has 1 saturated heterocycles. The molecule has 2 fully saturated rings. The van der Waals surface area contributed by atoms with Crippen LogP contribution in [0.1, 0.15) is 32.1 Å². The number of guanidine groups is 1. The predicted molar refractivity (Wildman–Crippen MR) is 78.2 cm³/mol. The SMILES string of the molecule is NC(=NCCOC1CCCCC1)N1CCSCC1. The van der Waals surface area contributed by atoms with Crippen molar-refractivity contribution in [2.45, 2.75) is 38.2 Å². The lowest BCUT2D eigenvalue weighted by Crippen LogP contribution is -2.42. The zero-order chi connectivity index (χ0) is 12.6. The van der Waals surface area contributed by atoms with E-state index in [0.717, 1.165) is 24.6 Å². The molecule has 2 N–H and O–H groups in total. The topological polar surface area (TPSA) is 50.9 Å². The molecule has 0 bridgehead atoms. The molecule has 0 atom stereocenters. The second kappa shape index (κ2) is 7.89. The summed E-state index contributed by atoms with van der Waals surface area (Å²) in [5.74, 6) is 3.02. The number of ether oxygens (including phenoxy) is 1. The van der Waals surface area contributed by atoms with E-state index in [4.69, 9.17) is 10.5 Å². The third-order valence-corrected chi connectivity index (χ3v) is 4.55. The van der Waals surface area contributed by atoms with Crippen LogP contribution in [0.15, 0.2) is 4.99 Å². The zero-order valence-electron chi connectivity index (χ0n) is 11.1. The fourth-order valence-corrected chi connectivity index (χ4v) is 3.41. The van der Waals surface area contributed by atoms with E-state index >= 15 is 0 Å². The smallest absolute Gasteiger partial charge is 0.191 e. The van der Waals surface area contributed by atoms with E-state index in [0.29, 0.717) is 25.2 Å². The lowest BCUT2D eigenvalue weighted by atomic mass is 9.98. The van der Waals surface area contributed by atoms with Crippen LogP contribution in [-0.4, -0.2) is 54.7 Å². The normalized spacial score (nSPS) is 23.3. The van der Waals surface area contributed by atoms with Crippen molar-refractivity contribution in [1.29, 1.82) is 0 Å². The summed E-state index contributed by atoms with van der Waals surface area (Å²) in [6.45, 7) is 3.48. The van der Waals surface area contributed by atoms with Gasteiger partial charge in [0, 0.05) is 24.6 Å². The first kappa shape index (κ1) is 14.0. The van der Waals surface area contributed by atoms with Crippen LogP contribution in [-0.2, 0) is 4.74 Å². The van der Waals surface area contributed by atoms with Crippen molar-refractivity contribution in [2.75, 3.05) is 37.7 Å². The van der Waals surface area contributed by atoms with Gasteiger partial charge in [-0.2, -0.15) is 11.8 Å². The Labute approximate surface area is 114 Å². The Bertz CT molecular complexity index is 261. The minimum atomic E-state index is 0.474. The van der Waals surface area contributed by atoms with Crippen molar-refractivity contribution in [1.82, 2.24) is 4.90 Å². The Hall–Kier alpha value is -0.420. The quantitative estimate of drug-likeness (QED) is 0.480. The van der Waals surface area contributed by atoms with E-state index in [1.54, 1.807) is 0 Å². The van der Waals surface area contributed by atoms with Gasteiger partial charge in [-0.3, -0.25) is 4.99 Å². The molecule has 0 spiro atoms. The number of hydrogen-bond acceptors (Lipinski definition) is 3. The molecule has 2 rings (SSSR count). The van der Waals surface area contributed by atoms with Crippen molar-refractivity contribution < 1.29 is 4.74 Å². The third-order valence-electron chi connectivity index (χ3n) is 3.61. The molecule has 1 heterocycles. The van der Waals surface area contributed by atoms with Crippen LogP contribution in [0.5, 0.6) is 0 Å². The molecule has 0 aromatic rings. The van der Waals surface area contributed by atoms with Crippen molar-refractivity contribution in [3.05, 3.63) is 0 Å². The molecule has 0 amide bonds. The Morgan fingerprint density at radius 3 is 2.67 bits per heavy atom. The van der Waals surface area contributed by atoms with Gasteiger partial charge in [-0.15, -0.1) is 0 Å². The fourth-order valence-electron chi connectivity index (χ4n) is 2.50. The molecule has 0 radical (unpaired) electrons. The first-order chi connectivity index (χ1) is 8.86. The highest BCUT2D eigenvalue weighted by Gasteiger charge is 2.14. The highest BCUT2D eigenvalue weighted by molar-refractivity contribution is 7.99. The summed E-state index contributed by atoms with van der Waals surface area (Å²) < 4.78 is 5.84. The Balaban J connectivity index is 1.60. The number of hydrogen-bond donors (Lipinski definition) is 1. The average molecular weight is 271 g/mol. The van der Waals surface area contributed by atoms with Crippen LogP contribution in [0.25, 0.3) is 0 Å². The van der Waals surface area contributed by atoms with Gasteiger partial charge < -0.3 is 15.4 Å². The first-order valence-electron chi connectivity index (χ1n) is 7.10. The minimum absolute atomic E-state index is 0.474. The van der Waals surface area contributed by atoms with Gasteiger partial charge in [-0.1, -0.05) is 19.3 Å². The molecule has 1 aliphatic carbocycles. The van der Waals surface area contributed by atoms with Gasteiger partial charge in [-0.05, 0) is 12.8 Å². The zero-order valence-corrected chi connectivity index (χ0v) is 12.0. The predicted octanol–water partition coefficient (Wildman–Crippen LogP) is 1.70. The van der Waals surface area contributed by atoms with Gasteiger partial charge in [0.1, 0.15) is 0 Å². The average Bonchev–Trinajstić information content (AvgIpc) is 2.45. The van der Waals surface area contributed by atoms with E-state index in [2.05, 4.69) is 9.89 Å². The number of nitrogens with two attached hydrogens (primary N) is 1. The van der Waals surface area contributed by atoms with Crippen LogP contribution < -0.4 is 5.73 Å². The van der Waals surface area contributed by atoms with E-state index < -0.39 is 0 Å². The Kier molecular flexibility index (Phi) is 6.14. The molecule has 0 aromatic carbocycles. The molecule has 104 valence electrons. The molecule has 0 aromatic heterocycles. The molecular weight excluding hydrogens is 246 g/mol. The fraction of sp³-hybridized carbons (Fsp3) is 0.923. The number of nitrogens with zero attached hydrogens (tertiary/aromatic N) is 2. The molecule has 0 unspecified atom stereocenters. The maximum atomic E-state index is 5.98. The largest absolute Gasteiger partial charge is 0.376 e. The van der Waals surface area contributed by atoms with Gasteiger partial charge in [0.2, 0.25) is 0 Å². The van der Waals surface area contributed by atoms with E-state index in [9.17, 15) is 0 Å². The summed E-state index contributed by atoms with van der Waals surface area (Å²) in [6, 6.07) is 0. The Morgan fingerprint density at radius 2 is 1.94 bits per heavy atom. The second-order valence-corrected chi connectivity index (χ2v) is 6.19. The summed E-state index contributed by atoms with van der Waals surface area (Å²) in [4.78, 5) is 6.60.